The van der Waals surface area contributed by atoms with Crippen LogP contribution in [0.5, 0.6) is 0 Å². The van der Waals surface area contributed by atoms with Crippen molar-refractivity contribution in [2.75, 3.05) is 33.7 Å². The van der Waals surface area contributed by atoms with E-state index in [9.17, 15) is 8.42 Å². The lowest BCUT2D eigenvalue weighted by Gasteiger charge is -2.09. The summed E-state index contributed by atoms with van der Waals surface area (Å²) in [5, 5.41) is 7.46. The summed E-state index contributed by atoms with van der Waals surface area (Å²) in [5.74, 6) is 0. The van der Waals surface area contributed by atoms with Gasteiger partial charge in [-0.3, -0.25) is 4.68 Å². The SMILES string of the molecule is CN(C)CCNS(=O)(=O)c1cnn(CCNC2CC2)c1. The van der Waals surface area contributed by atoms with Crippen LogP contribution in [0.3, 0.4) is 0 Å². The van der Waals surface area contributed by atoms with Gasteiger partial charge in [0.2, 0.25) is 10.0 Å². The van der Waals surface area contributed by atoms with Gasteiger partial charge in [-0.05, 0) is 26.9 Å². The lowest BCUT2D eigenvalue weighted by atomic mass is 10.6. The predicted molar refractivity (Wildman–Crippen MR) is 77.0 cm³/mol. The Labute approximate surface area is 120 Å². The van der Waals surface area contributed by atoms with Gasteiger partial charge in [0, 0.05) is 31.9 Å². The summed E-state index contributed by atoms with van der Waals surface area (Å²) in [4.78, 5) is 2.15. The number of aromatic nitrogens is 2. The third-order valence-corrected chi connectivity index (χ3v) is 4.54. The Bertz CT molecular complexity index is 522. The first-order chi connectivity index (χ1) is 9.47. The van der Waals surface area contributed by atoms with Crippen LogP contribution < -0.4 is 10.0 Å². The van der Waals surface area contributed by atoms with Crippen molar-refractivity contribution in [3.05, 3.63) is 12.4 Å². The molecule has 0 aromatic carbocycles. The number of nitrogens with zero attached hydrogens (tertiary/aromatic N) is 3. The van der Waals surface area contributed by atoms with E-state index in [4.69, 9.17) is 0 Å². The van der Waals surface area contributed by atoms with E-state index in [2.05, 4.69) is 15.1 Å². The van der Waals surface area contributed by atoms with E-state index in [0.717, 1.165) is 6.54 Å². The van der Waals surface area contributed by atoms with Crippen LogP contribution >= 0.6 is 0 Å². The molecule has 20 heavy (non-hydrogen) atoms. The number of sulfonamides is 1. The van der Waals surface area contributed by atoms with E-state index in [1.165, 1.54) is 19.0 Å². The fraction of sp³-hybridized carbons (Fsp3) is 0.750. The molecule has 0 saturated heterocycles. The molecular formula is C12H23N5O2S. The van der Waals surface area contributed by atoms with Crippen LogP contribution in [0.15, 0.2) is 17.3 Å². The molecule has 1 aromatic heterocycles. The molecule has 1 heterocycles. The van der Waals surface area contributed by atoms with E-state index in [1.54, 1.807) is 10.9 Å². The monoisotopic (exact) mass is 301 g/mol. The molecule has 0 atom stereocenters. The Balaban J connectivity index is 1.82. The molecule has 0 amide bonds. The molecule has 0 radical (unpaired) electrons. The molecule has 0 bridgehead atoms. The molecule has 2 rings (SSSR count). The van der Waals surface area contributed by atoms with E-state index in [1.807, 2.05) is 19.0 Å². The second-order valence-electron chi connectivity index (χ2n) is 5.37. The van der Waals surface area contributed by atoms with Crippen LogP contribution in [0, 0.1) is 0 Å². The maximum atomic E-state index is 12.0. The van der Waals surface area contributed by atoms with Gasteiger partial charge in [0.15, 0.2) is 0 Å². The molecule has 114 valence electrons. The van der Waals surface area contributed by atoms with Gasteiger partial charge in [0.25, 0.3) is 0 Å². The van der Waals surface area contributed by atoms with Gasteiger partial charge in [-0.2, -0.15) is 5.10 Å². The first kappa shape index (κ1) is 15.4. The van der Waals surface area contributed by atoms with E-state index in [-0.39, 0.29) is 4.90 Å². The summed E-state index contributed by atoms with van der Waals surface area (Å²) in [7, 11) is 0.359. The highest BCUT2D eigenvalue weighted by Crippen LogP contribution is 2.18. The van der Waals surface area contributed by atoms with Gasteiger partial charge in [0.05, 0.1) is 12.7 Å². The lowest BCUT2D eigenvalue weighted by molar-refractivity contribution is 0.412. The molecule has 1 aromatic rings. The second-order valence-corrected chi connectivity index (χ2v) is 7.14. The van der Waals surface area contributed by atoms with Gasteiger partial charge in [-0.1, -0.05) is 0 Å². The number of likely N-dealkylation sites (N-methyl/N-ethyl adjacent to an activating group) is 1. The Kier molecular flexibility index (Phi) is 5.14. The molecule has 1 saturated carbocycles. The highest BCUT2D eigenvalue weighted by Gasteiger charge is 2.20. The summed E-state index contributed by atoms with van der Waals surface area (Å²) in [6.45, 7) is 2.56. The van der Waals surface area contributed by atoms with E-state index >= 15 is 0 Å². The van der Waals surface area contributed by atoms with Crippen molar-refractivity contribution in [2.24, 2.45) is 0 Å². The van der Waals surface area contributed by atoms with Gasteiger partial charge in [-0.15, -0.1) is 0 Å². The average molecular weight is 301 g/mol. The standard InChI is InChI=1S/C12H23N5O2S/c1-16(2)7-6-15-20(18,19)12-9-14-17(10-12)8-5-13-11-3-4-11/h9-11,13,15H,3-8H2,1-2H3. The summed E-state index contributed by atoms with van der Waals surface area (Å²) >= 11 is 0. The normalized spacial score (nSPS) is 15.9. The highest BCUT2D eigenvalue weighted by molar-refractivity contribution is 7.89. The van der Waals surface area contributed by atoms with Crippen molar-refractivity contribution < 1.29 is 8.42 Å². The van der Waals surface area contributed by atoms with Gasteiger partial charge in [-0.25, -0.2) is 13.1 Å². The molecule has 7 nitrogen and oxygen atoms in total. The van der Waals surface area contributed by atoms with Crippen LogP contribution in [0.1, 0.15) is 12.8 Å². The number of rotatable bonds is 9. The lowest BCUT2D eigenvalue weighted by Crippen LogP contribution is -2.31. The molecule has 8 heteroatoms. The van der Waals surface area contributed by atoms with Crippen molar-refractivity contribution in [2.45, 2.75) is 30.3 Å². The van der Waals surface area contributed by atoms with Crippen LogP contribution in [-0.4, -0.2) is 62.9 Å². The van der Waals surface area contributed by atoms with Crippen LogP contribution in [0.25, 0.3) is 0 Å². The van der Waals surface area contributed by atoms with Crippen LogP contribution in [0.4, 0.5) is 0 Å². The fourth-order valence-corrected chi connectivity index (χ4v) is 2.74. The number of nitrogens with one attached hydrogen (secondary N) is 2. The molecular weight excluding hydrogens is 278 g/mol. The molecule has 2 N–H and O–H groups in total. The van der Waals surface area contributed by atoms with Crippen LogP contribution in [0.2, 0.25) is 0 Å². The van der Waals surface area contributed by atoms with E-state index < -0.39 is 10.0 Å². The van der Waals surface area contributed by atoms with Gasteiger partial charge in [0.1, 0.15) is 4.90 Å². The molecule has 1 aliphatic carbocycles. The maximum Gasteiger partial charge on any atom is 0.243 e. The molecule has 0 unspecified atom stereocenters. The minimum absolute atomic E-state index is 0.225. The third kappa shape index (κ3) is 4.86. The van der Waals surface area contributed by atoms with Crippen molar-refractivity contribution in [1.29, 1.82) is 0 Å². The molecule has 1 aliphatic rings. The zero-order valence-corrected chi connectivity index (χ0v) is 12.9. The van der Waals surface area contributed by atoms with Crippen LogP contribution in [-0.2, 0) is 16.6 Å². The summed E-state index contributed by atoms with van der Waals surface area (Å²) in [6, 6.07) is 0.654. The minimum atomic E-state index is -3.44. The average Bonchev–Trinajstić information content (AvgIpc) is 3.04. The third-order valence-electron chi connectivity index (χ3n) is 3.12. The van der Waals surface area contributed by atoms with Gasteiger partial charge >= 0.3 is 0 Å². The van der Waals surface area contributed by atoms with Gasteiger partial charge < -0.3 is 10.2 Å². The number of hydrogen-bond donors (Lipinski definition) is 2. The Hall–Kier alpha value is -0.960. The summed E-state index contributed by atoms with van der Waals surface area (Å²) in [6.07, 6.45) is 5.46. The zero-order chi connectivity index (χ0) is 14.6. The molecule has 0 spiro atoms. The largest absolute Gasteiger partial charge is 0.312 e. The first-order valence-corrected chi connectivity index (χ1v) is 8.36. The number of hydrogen-bond acceptors (Lipinski definition) is 5. The summed E-state index contributed by atoms with van der Waals surface area (Å²) < 4.78 is 28.3. The van der Waals surface area contributed by atoms with Crippen molar-refractivity contribution in [3.63, 3.8) is 0 Å². The van der Waals surface area contributed by atoms with Crippen molar-refractivity contribution in [3.8, 4) is 0 Å². The zero-order valence-electron chi connectivity index (χ0n) is 12.0. The molecule has 1 fully saturated rings. The first-order valence-electron chi connectivity index (χ1n) is 6.87. The topological polar surface area (TPSA) is 79.3 Å². The Morgan fingerprint density at radius 3 is 2.80 bits per heavy atom. The quantitative estimate of drug-likeness (QED) is 0.641. The highest BCUT2D eigenvalue weighted by atomic mass is 32.2. The predicted octanol–water partition coefficient (Wildman–Crippen LogP) is -0.525. The molecule has 0 aliphatic heterocycles. The van der Waals surface area contributed by atoms with Crippen molar-refractivity contribution >= 4 is 10.0 Å². The second kappa shape index (κ2) is 6.66. The fourth-order valence-electron chi connectivity index (χ4n) is 1.76. The Morgan fingerprint density at radius 2 is 2.15 bits per heavy atom. The minimum Gasteiger partial charge on any atom is -0.312 e. The van der Waals surface area contributed by atoms with Crippen molar-refractivity contribution in [1.82, 2.24) is 24.7 Å². The summed E-state index contributed by atoms with van der Waals surface area (Å²) in [5.41, 5.74) is 0. The maximum absolute atomic E-state index is 12.0. The smallest absolute Gasteiger partial charge is 0.243 e. The van der Waals surface area contributed by atoms with E-state index in [0.29, 0.717) is 25.7 Å². The Morgan fingerprint density at radius 1 is 1.40 bits per heavy atom.